The first-order valence-corrected chi connectivity index (χ1v) is 4.67. The van der Waals surface area contributed by atoms with Gasteiger partial charge >= 0.3 is 0 Å². The van der Waals surface area contributed by atoms with Crippen LogP contribution in [-0.4, -0.2) is 17.3 Å². The zero-order valence-corrected chi connectivity index (χ0v) is 7.29. The number of hydrogen-bond donors (Lipinski definition) is 2. The number of aliphatic hydroxyl groups excluding tert-OH is 1. The molecule has 1 saturated carbocycles. The minimum absolute atomic E-state index is 0.0810. The second kappa shape index (κ2) is 4.07. The summed E-state index contributed by atoms with van der Waals surface area (Å²) >= 11 is 0. The highest BCUT2D eigenvalue weighted by atomic mass is 16.3. The molecule has 2 nitrogen and oxygen atoms in total. The quantitative estimate of drug-likeness (QED) is 0.634. The van der Waals surface area contributed by atoms with Crippen molar-refractivity contribution >= 4 is 0 Å². The average Bonchev–Trinajstić information content (AvgIpc) is 2.05. The van der Waals surface area contributed by atoms with Crippen LogP contribution in [0.1, 0.15) is 39.0 Å². The normalized spacial score (nSPS) is 35.2. The van der Waals surface area contributed by atoms with Gasteiger partial charge in [0.25, 0.3) is 0 Å². The molecule has 0 amide bonds. The molecule has 0 radical (unpaired) electrons. The Balaban J connectivity index is 2.27. The monoisotopic (exact) mass is 157 g/mol. The van der Waals surface area contributed by atoms with Crippen LogP contribution in [0.15, 0.2) is 0 Å². The van der Waals surface area contributed by atoms with Gasteiger partial charge in [-0.15, -0.1) is 0 Å². The summed E-state index contributed by atoms with van der Waals surface area (Å²) in [4.78, 5) is 0. The van der Waals surface area contributed by atoms with Crippen molar-refractivity contribution in [1.29, 1.82) is 0 Å². The van der Waals surface area contributed by atoms with Gasteiger partial charge in [-0.25, -0.2) is 0 Å². The van der Waals surface area contributed by atoms with Crippen LogP contribution in [0.3, 0.4) is 0 Å². The van der Waals surface area contributed by atoms with Gasteiger partial charge in [0.1, 0.15) is 0 Å². The fourth-order valence-electron chi connectivity index (χ4n) is 1.86. The van der Waals surface area contributed by atoms with Gasteiger partial charge in [0, 0.05) is 6.04 Å². The van der Waals surface area contributed by atoms with Crippen molar-refractivity contribution in [1.82, 2.24) is 0 Å². The van der Waals surface area contributed by atoms with Crippen LogP contribution in [0, 0.1) is 5.92 Å². The maximum absolute atomic E-state index is 9.53. The first-order chi connectivity index (χ1) is 5.24. The Bertz CT molecular complexity index is 108. The molecule has 1 atom stereocenters. The molecule has 0 aromatic rings. The van der Waals surface area contributed by atoms with Crippen LogP contribution in [0.4, 0.5) is 0 Å². The van der Waals surface area contributed by atoms with E-state index in [1.54, 1.807) is 0 Å². The molecule has 1 unspecified atom stereocenters. The first-order valence-electron chi connectivity index (χ1n) is 4.67. The molecule has 1 aliphatic carbocycles. The van der Waals surface area contributed by atoms with Gasteiger partial charge in [-0.3, -0.25) is 0 Å². The molecule has 1 aliphatic rings. The molecule has 66 valence electrons. The van der Waals surface area contributed by atoms with Gasteiger partial charge in [0.05, 0.1) is 6.10 Å². The van der Waals surface area contributed by atoms with E-state index < -0.39 is 0 Å². The Morgan fingerprint density at radius 2 is 1.91 bits per heavy atom. The second-order valence-electron chi connectivity index (χ2n) is 3.65. The highest BCUT2D eigenvalue weighted by Crippen LogP contribution is 2.26. The van der Waals surface area contributed by atoms with Crippen LogP contribution in [0.2, 0.25) is 0 Å². The lowest BCUT2D eigenvalue weighted by atomic mass is 9.82. The third kappa shape index (κ3) is 2.46. The zero-order valence-electron chi connectivity index (χ0n) is 7.29. The largest absolute Gasteiger partial charge is 0.393 e. The lowest BCUT2D eigenvalue weighted by molar-refractivity contribution is 0.0783. The molecule has 3 N–H and O–H groups in total. The fraction of sp³-hybridized carbons (Fsp3) is 1.00. The minimum atomic E-state index is -0.0810. The van der Waals surface area contributed by atoms with Crippen LogP contribution in [-0.2, 0) is 0 Å². The number of rotatable bonds is 2. The predicted molar refractivity (Wildman–Crippen MR) is 46.2 cm³/mol. The average molecular weight is 157 g/mol. The molecule has 0 bridgehead atoms. The molecule has 0 aromatic carbocycles. The molecule has 1 rings (SSSR count). The molecule has 0 aromatic heterocycles. The molecule has 0 heterocycles. The Hall–Kier alpha value is -0.0800. The molecule has 0 aliphatic heterocycles. The molecular weight excluding hydrogens is 138 g/mol. The maximum Gasteiger partial charge on any atom is 0.0565 e. The lowest BCUT2D eigenvalue weighted by Gasteiger charge is -2.29. The summed E-state index contributed by atoms with van der Waals surface area (Å²) in [5.41, 5.74) is 5.76. The topological polar surface area (TPSA) is 46.2 Å². The molecule has 2 heteroatoms. The summed E-state index contributed by atoms with van der Waals surface area (Å²) in [6.07, 6.45) is 5.25. The van der Waals surface area contributed by atoms with Gasteiger partial charge in [0.15, 0.2) is 0 Å². The van der Waals surface area contributed by atoms with Gasteiger partial charge in [0.2, 0.25) is 0 Å². The Morgan fingerprint density at radius 3 is 2.36 bits per heavy atom. The van der Waals surface area contributed by atoms with Gasteiger partial charge in [-0.1, -0.05) is 6.92 Å². The van der Waals surface area contributed by atoms with Crippen molar-refractivity contribution in [2.45, 2.75) is 51.2 Å². The SMILES string of the molecule is CCC(O)C1CCC(N)CC1. The third-order valence-corrected chi connectivity index (χ3v) is 2.78. The lowest BCUT2D eigenvalue weighted by Crippen LogP contribution is -2.31. The zero-order chi connectivity index (χ0) is 8.27. The van der Waals surface area contributed by atoms with E-state index in [1.165, 1.54) is 0 Å². The van der Waals surface area contributed by atoms with E-state index in [4.69, 9.17) is 5.73 Å². The summed E-state index contributed by atoms with van der Waals surface area (Å²) in [5, 5.41) is 9.53. The summed E-state index contributed by atoms with van der Waals surface area (Å²) in [5.74, 6) is 0.528. The summed E-state index contributed by atoms with van der Waals surface area (Å²) < 4.78 is 0. The number of nitrogens with two attached hydrogens (primary N) is 1. The second-order valence-corrected chi connectivity index (χ2v) is 3.65. The Kier molecular flexibility index (Phi) is 3.34. The van der Waals surface area contributed by atoms with E-state index in [9.17, 15) is 5.11 Å². The van der Waals surface area contributed by atoms with Crippen molar-refractivity contribution in [2.24, 2.45) is 11.7 Å². The molecule has 0 spiro atoms. The highest BCUT2D eigenvalue weighted by Gasteiger charge is 2.23. The number of aliphatic hydroxyl groups is 1. The standard InChI is InChI=1S/C9H19NO/c1-2-9(11)7-3-5-8(10)6-4-7/h7-9,11H,2-6,10H2,1H3. The molecule has 0 saturated heterocycles. The Labute approximate surface area is 68.8 Å². The maximum atomic E-state index is 9.53. The van der Waals surface area contributed by atoms with Crippen molar-refractivity contribution in [3.63, 3.8) is 0 Å². The predicted octanol–water partition coefficient (Wildman–Crippen LogP) is 1.27. The van der Waals surface area contributed by atoms with Crippen LogP contribution < -0.4 is 5.73 Å². The van der Waals surface area contributed by atoms with Crippen LogP contribution in [0.5, 0.6) is 0 Å². The van der Waals surface area contributed by atoms with E-state index >= 15 is 0 Å². The number of hydrogen-bond acceptors (Lipinski definition) is 2. The highest BCUT2D eigenvalue weighted by molar-refractivity contribution is 4.78. The van der Waals surface area contributed by atoms with Crippen LogP contribution >= 0.6 is 0 Å². The van der Waals surface area contributed by atoms with Crippen molar-refractivity contribution in [2.75, 3.05) is 0 Å². The smallest absolute Gasteiger partial charge is 0.0565 e. The summed E-state index contributed by atoms with van der Waals surface area (Å²) in [7, 11) is 0. The van der Waals surface area contributed by atoms with E-state index in [-0.39, 0.29) is 6.10 Å². The fourth-order valence-corrected chi connectivity index (χ4v) is 1.86. The van der Waals surface area contributed by atoms with E-state index in [0.717, 1.165) is 32.1 Å². The molecule has 11 heavy (non-hydrogen) atoms. The van der Waals surface area contributed by atoms with Crippen LogP contribution in [0.25, 0.3) is 0 Å². The summed E-state index contributed by atoms with van der Waals surface area (Å²) in [6.45, 7) is 2.04. The molecule has 1 fully saturated rings. The van der Waals surface area contributed by atoms with E-state index in [2.05, 4.69) is 0 Å². The minimum Gasteiger partial charge on any atom is -0.393 e. The van der Waals surface area contributed by atoms with Crippen molar-refractivity contribution < 1.29 is 5.11 Å². The van der Waals surface area contributed by atoms with Crippen molar-refractivity contribution in [3.8, 4) is 0 Å². The van der Waals surface area contributed by atoms with E-state index in [0.29, 0.717) is 12.0 Å². The first kappa shape index (κ1) is 9.01. The van der Waals surface area contributed by atoms with Gasteiger partial charge in [-0.05, 0) is 38.0 Å². The van der Waals surface area contributed by atoms with Crippen molar-refractivity contribution in [3.05, 3.63) is 0 Å². The Morgan fingerprint density at radius 1 is 1.36 bits per heavy atom. The van der Waals surface area contributed by atoms with Gasteiger partial charge in [-0.2, -0.15) is 0 Å². The third-order valence-electron chi connectivity index (χ3n) is 2.78. The summed E-state index contributed by atoms with van der Waals surface area (Å²) in [6, 6.07) is 0.398. The van der Waals surface area contributed by atoms with E-state index in [1.807, 2.05) is 6.92 Å². The molecular formula is C9H19NO. The van der Waals surface area contributed by atoms with Gasteiger partial charge < -0.3 is 10.8 Å².